The third-order valence-electron chi connectivity index (χ3n) is 4.61. The Kier molecular flexibility index (Phi) is 5.66. The lowest BCUT2D eigenvalue weighted by Gasteiger charge is -2.24. The van der Waals surface area contributed by atoms with Crippen molar-refractivity contribution < 1.29 is 13.9 Å². The molecule has 1 N–H and O–H groups in total. The van der Waals surface area contributed by atoms with E-state index in [0.717, 1.165) is 30.7 Å². The molecule has 1 saturated heterocycles. The molecule has 1 amide bonds. The Morgan fingerprint density at radius 3 is 2.60 bits per heavy atom. The first kappa shape index (κ1) is 17.4. The van der Waals surface area contributed by atoms with Crippen LogP contribution >= 0.6 is 0 Å². The first-order valence-electron chi connectivity index (χ1n) is 8.55. The third-order valence-corrected chi connectivity index (χ3v) is 4.61. The standard InChI is InChI=1S/C20H23FN2O2/c1-25-18-10-6-16(7-11-18)19-3-2-12-23(19)14-20(24)22-13-15-4-8-17(21)9-5-15/h4-11,19H,2-3,12-14H2,1H3,(H,22,24)/t19-/m0/s1. The van der Waals surface area contributed by atoms with Crippen molar-refractivity contribution in [1.29, 1.82) is 0 Å². The van der Waals surface area contributed by atoms with E-state index in [0.29, 0.717) is 13.1 Å². The van der Waals surface area contributed by atoms with Crippen molar-refractivity contribution in [2.45, 2.75) is 25.4 Å². The Hall–Kier alpha value is -2.40. The third kappa shape index (κ3) is 4.57. The van der Waals surface area contributed by atoms with E-state index in [2.05, 4.69) is 22.3 Å². The molecule has 25 heavy (non-hydrogen) atoms. The summed E-state index contributed by atoms with van der Waals surface area (Å²) in [5, 5.41) is 2.91. The number of benzene rings is 2. The molecule has 5 heteroatoms. The van der Waals surface area contributed by atoms with Gasteiger partial charge in [-0.3, -0.25) is 9.69 Å². The van der Waals surface area contributed by atoms with Crippen molar-refractivity contribution in [2.24, 2.45) is 0 Å². The molecular weight excluding hydrogens is 319 g/mol. The molecule has 0 aromatic heterocycles. The fourth-order valence-corrected chi connectivity index (χ4v) is 3.26. The number of nitrogens with one attached hydrogen (secondary N) is 1. The topological polar surface area (TPSA) is 41.6 Å². The van der Waals surface area contributed by atoms with E-state index >= 15 is 0 Å². The summed E-state index contributed by atoms with van der Waals surface area (Å²) < 4.78 is 18.1. The maximum Gasteiger partial charge on any atom is 0.234 e. The second-order valence-corrected chi connectivity index (χ2v) is 6.30. The summed E-state index contributed by atoms with van der Waals surface area (Å²) in [5.41, 5.74) is 2.10. The Morgan fingerprint density at radius 2 is 1.92 bits per heavy atom. The van der Waals surface area contributed by atoms with Crippen LogP contribution in [0.1, 0.15) is 30.0 Å². The number of hydrogen-bond acceptors (Lipinski definition) is 3. The first-order chi connectivity index (χ1) is 12.2. The van der Waals surface area contributed by atoms with Crippen molar-refractivity contribution >= 4 is 5.91 Å². The van der Waals surface area contributed by atoms with Crippen LogP contribution in [-0.4, -0.2) is 31.0 Å². The maximum absolute atomic E-state index is 12.9. The zero-order valence-electron chi connectivity index (χ0n) is 14.4. The van der Waals surface area contributed by atoms with Crippen molar-refractivity contribution in [1.82, 2.24) is 10.2 Å². The second kappa shape index (κ2) is 8.12. The minimum atomic E-state index is -0.269. The number of halogens is 1. The highest BCUT2D eigenvalue weighted by molar-refractivity contribution is 5.78. The van der Waals surface area contributed by atoms with Crippen LogP contribution in [0.25, 0.3) is 0 Å². The largest absolute Gasteiger partial charge is 0.497 e. The molecule has 3 rings (SSSR count). The molecule has 132 valence electrons. The number of ether oxygens (including phenoxy) is 1. The molecule has 0 unspecified atom stereocenters. The van der Waals surface area contributed by atoms with E-state index in [1.165, 1.54) is 17.7 Å². The summed E-state index contributed by atoms with van der Waals surface area (Å²) in [6.45, 7) is 1.71. The molecule has 1 atom stereocenters. The summed E-state index contributed by atoms with van der Waals surface area (Å²) in [7, 11) is 1.66. The lowest BCUT2D eigenvalue weighted by Crippen LogP contribution is -2.36. The SMILES string of the molecule is COc1ccc([C@@H]2CCCN2CC(=O)NCc2ccc(F)cc2)cc1. The Bertz CT molecular complexity index is 701. The zero-order chi connectivity index (χ0) is 17.6. The molecule has 1 fully saturated rings. The number of likely N-dealkylation sites (tertiary alicyclic amines) is 1. The van der Waals surface area contributed by atoms with Gasteiger partial charge in [-0.15, -0.1) is 0 Å². The Labute approximate surface area is 147 Å². The monoisotopic (exact) mass is 342 g/mol. The van der Waals surface area contributed by atoms with Crippen LogP contribution < -0.4 is 10.1 Å². The molecule has 1 aliphatic rings. The van der Waals surface area contributed by atoms with Gasteiger partial charge in [0.1, 0.15) is 11.6 Å². The molecular formula is C20H23FN2O2. The van der Waals surface area contributed by atoms with Crippen LogP contribution in [0.3, 0.4) is 0 Å². The molecule has 0 bridgehead atoms. The number of hydrogen-bond donors (Lipinski definition) is 1. The minimum Gasteiger partial charge on any atom is -0.497 e. The van der Waals surface area contributed by atoms with Gasteiger partial charge in [-0.1, -0.05) is 24.3 Å². The number of nitrogens with zero attached hydrogens (tertiary/aromatic N) is 1. The summed E-state index contributed by atoms with van der Waals surface area (Å²) in [4.78, 5) is 14.5. The van der Waals surface area contributed by atoms with Gasteiger partial charge < -0.3 is 10.1 Å². The number of rotatable bonds is 6. The highest BCUT2D eigenvalue weighted by Gasteiger charge is 2.27. The average molecular weight is 342 g/mol. The summed E-state index contributed by atoms with van der Waals surface area (Å²) in [6.07, 6.45) is 2.14. The van der Waals surface area contributed by atoms with Gasteiger partial charge in [0, 0.05) is 12.6 Å². The van der Waals surface area contributed by atoms with Crippen LogP contribution in [0.2, 0.25) is 0 Å². The van der Waals surface area contributed by atoms with E-state index in [1.54, 1.807) is 19.2 Å². The van der Waals surface area contributed by atoms with E-state index < -0.39 is 0 Å². The first-order valence-corrected chi connectivity index (χ1v) is 8.55. The number of methoxy groups -OCH3 is 1. The Balaban J connectivity index is 1.55. The van der Waals surface area contributed by atoms with Crippen LogP contribution in [0.4, 0.5) is 4.39 Å². The maximum atomic E-state index is 12.9. The quantitative estimate of drug-likeness (QED) is 0.876. The average Bonchev–Trinajstić information content (AvgIpc) is 3.09. The molecule has 0 radical (unpaired) electrons. The number of carbonyl (C=O) groups is 1. The lowest BCUT2D eigenvalue weighted by atomic mass is 10.0. The molecule has 2 aromatic carbocycles. The van der Waals surface area contributed by atoms with E-state index in [4.69, 9.17) is 4.74 Å². The van der Waals surface area contributed by atoms with Gasteiger partial charge in [0.05, 0.1) is 13.7 Å². The molecule has 0 aliphatic carbocycles. The summed E-state index contributed by atoms with van der Waals surface area (Å²) >= 11 is 0. The molecule has 1 heterocycles. The lowest BCUT2D eigenvalue weighted by molar-refractivity contribution is -0.122. The van der Waals surface area contributed by atoms with Gasteiger partial charge in [-0.05, 0) is 54.8 Å². The molecule has 2 aromatic rings. The molecule has 0 spiro atoms. The summed E-state index contributed by atoms with van der Waals surface area (Å²) in [6, 6.07) is 14.5. The Morgan fingerprint density at radius 1 is 1.20 bits per heavy atom. The molecule has 0 saturated carbocycles. The smallest absolute Gasteiger partial charge is 0.234 e. The van der Waals surface area contributed by atoms with Gasteiger partial charge >= 0.3 is 0 Å². The van der Waals surface area contributed by atoms with Gasteiger partial charge in [-0.25, -0.2) is 4.39 Å². The predicted molar refractivity (Wildman–Crippen MR) is 94.8 cm³/mol. The highest BCUT2D eigenvalue weighted by Crippen LogP contribution is 2.32. The van der Waals surface area contributed by atoms with Gasteiger partial charge in [0.2, 0.25) is 5.91 Å². The van der Waals surface area contributed by atoms with E-state index in [1.807, 2.05) is 12.1 Å². The fraction of sp³-hybridized carbons (Fsp3) is 0.350. The summed E-state index contributed by atoms with van der Waals surface area (Å²) in [5.74, 6) is 0.560. The van der Waals surface area contributed by atoms with E-state index in [9.17, 15) is 9.18 Å². The van der Waals surface area contributed by atoms with E-state index in [-0.39, 0.29) is 17.8 Å². The number of carbonyl (C=O) groups excluding carboxylic acids is 1. The van der Waals surface area contributed by atoms with Crippen LogP contribution in [-0.2, 0) is 11.3 Å². The predicted octanol–water partition coefficient (Wildman–Crippen LogP) is 3.29. The van der Waals surface area contributed by atoms with Crippen molar-refractivity contribution in [3.63, 3.8) is 0 Å². The second-order valence-electron chi connectivity index (χ2n) is 6.30. The van der Waals surface area contributed by atoms with Gasteiger partial charge in [0.15, 0.2) is 0 Å². The molecule has 4 nitrogen and oxygen atoms in total. The van der Waals surface area contributed by atoms with Gasteiger partial charge in [0.25, 0.3) is 0 Å². The minimum absolute atomic E-state index is 0.00950. The van der Waals surface area contributed by atoms with Crippen LogP contribution in [0.15, 0.2) is 48.5 Å². The van der Waals surface area contributed by atoms with Crippen molar-refractivity contribution in [3.8, 4) is 5.75 Å². The normalized spacial score (nSPS) is 17.4. The molecule has 1 aliphatic heterocycles. The number of amides is 1. The van der Waals surface area contributed by atoms with Crippen LogP contribution in [0.5, 0.6) is 5.75 Å². The van der Waals surface area contributed by atoms with Crippen molar-refractivity contribution in [2.75, 3.05) is 20.2 Å². The zero-order valence-corrected chi connectivity index (χ0v) is 14.4. The van der Waals surface area contributed by atoms with Crippen molar-refractivity contribution in [3.05, 3.63) is 65.5 Å². The highest BCUT2D eigenvalue weighted by atomic mass is 19.1. The van der Waals surface area contributed by atoms with Crippen LogP contribution in [0, 0.1) is 5.82 Å². The fourth-order valence-electron chi connectivity index (χ4n) is 3.26. The van der Waals surface area contributed by atoms with Gasteiger partial charge in [-0.2, -0.15) is 0 Å².